The van der Waals surface area contributed by atoms with E-state index in [0.29, 0.717) is 30.3 Å². The fourth-order valence-corrected chi connectivity index (χ4v) is 3.34. The predicted molar refractivity (Wildman–Crippen MR) is 123 cm³/mol. The van der Waals surface area contributed by atoms with Gasteiger partial charge in [-0.25, -0.2) is 4.68 Å². The van der Waals surface area contributed by atoms with Crippen molar-refractivity contribution in [2.75, 3.05) is 17.6 Å². The molecule has 2 aromatic carbocycles. The van der Waals surface area contributed by atoms with Crippen LogP contribution in [0.25, 0.3) is 22.8 Å². The maximum atomic E-state index is 12.5. The molecule has 4 rings (SSSR count). The van der Waals surface area contributed by atoms with Crippen LogP contribution in [0.2, 0.25) is 0 Å². The number of aryl methyl sites for hydroxylation is 1. The van der Waals surface area contributed by atoms with Gasteiger partial charge in [0.1, 0.15) is 17.9 Å². The lowest BCUT2D eigenvalue weighted by atomic mass is 10.1. The Labute approximate surface area is 185 Å². The predicted octanol–water partition coefficient (Wildman–Crippen LogP) is 3.24. The number of amides is 1. The highest BCUT2D eigenvalue weighted by Crippen LogP contribution is 2.33. The molecule has 0 bridgehead atoms. The lowest BCUT2D eigenvalue weighted by Gasteiger charge is -2.06. The number of nitrogens with zero attached hydrogens (tertiary/aromatic N) is 4. The molecule has 0 fully saturated rings. The number of hydrogen-bond acceptors (Lipinski definition) is 7. The molecule has 9 nitrogen and oxygen atoms in total. The van der Waals surface area contributed by atoms with Gasteiger partial charge in [0.25, 0.3) is 5.89 Å². The van der Waals surface area contributed by atoms with E-state index >= 15 is 0 Å². The topological polar surface area (TPSA) is 124 Å². The van der Waals surface area contributed by atoms with Crippen LogP contribution < -0.4 is 16.4 Å². The molecule has 0 aliphatic rings. The molecule has 0 atom stereocenters. The molecule has 2 aromatic heterocycles. The molecule has 0 saturated heterocycles. The molecular formula is C23H25N7O2. The first-order valence-electron chi connectivity index (χ1n) is 10.4. The van der Waals surface area contributed by atoms with Crippen LogP contribution in [-0.2, 0) is 17.9 Å². The summed E-state index contributed by atoms with van der Waals surface area (Å²) in [6.45, 7) is 4.93. The zero-order chi connectivity index (χ0) is 22.5. The first kappa shape index (κ1) is 21.1. The molecular weight excluding hydrogens is 406 g/mol. The molecule has 9 heteroatoms. The first-order chi connectivity index (χ1) is 15.6. The van der Waals surface area contributed by atoms with Crippen LogP contribution in [0.3, 0.4) is 0 Å². The fraction of sp³-hybridized carbons (Fsp3) is 0.217. The summed E-state index contributed by atoms with van der Waals surface area (Å²) in [7, 11) is 0. The summed E-state index contributed by atoms with van der Waals surface area (Å²) >= 11 is 0. The Bertz CT molecular complexity index is 1210. The third kappa shape index (κ3) is 4.46. The van der Waals surface area contributed by atoms with Gasteiger partial charge in [0.05, 0.1) is 0 Å². The highest BCUT2D eigenvalue weighted by molar-refractivity contribution is 5.82. The molecule has 2 heterocycles. The van der Waals surface area contributed by atoms with Crippen molar-refractivity contribution in [1.29, 1.82) is 0 Å². The van der Waals surface area contributed by atoms with Crippen molar-refractivity contribution in [3.8, 4) is 22.8 Å². The van der Waals surface area contributed by atoms with Crippen LogP contribution in [-0.4, -0.2) is 32.4 Å². The third-order valence-electron chi connectivity index (χ3n) is 4.99. The van der Waals surface area contributed by atoms with E-state index in [-0.39, 0.29) is 24.2 Å². The van der Waals surface area contributed by atoms with E-state index in [0.717, 1.165) is 16.7 Å². The second-order valence-corrected chi connectivity index (χ2v) is 7.30. The van der Waals surface area contributed by atoms with Crippen LogP contribution in [0, 0.1) is 6.92 Å². The number of hydrogen-bond donors (Lipinski definition) is 3. The van der Waals surface area contributed by atoms with Gasteiger partial charge in [0.2, 0.25) is 11.7 Å². The number of aromatic nitrogens is 4. The molecule has 0 radical (unpaired) electrons. The van der Waals surface area contributed by atoms with Crippen molar-refractivity contribution in [2.24, 2.45) is 0 Å². The van der Waals surface area contributed by atoms with E-state index in [9.17, 15) is 4.79 Å². The van der Waals surface area contributed by atoms with Gasteiger partial charge in [-0.15, -0.1) is 0 Å². The van der Waals surface area contributed by atoms with E-state index in [1.165, 1.54) is 4.68 Å². The second-order valence-electron chi connectivity index (χ2n) is 7.30. The molecule has 0 aliphatic heterocycles. The number of benzene rings is 2. The van der Waals surface area contributed by atoms with Crippen molar-refractivity contribution < 1.29 is 9.32 Å². The Morgan fingerprint density at radius 1 is 1.12 bits per heavy atom. The van der Waals surface area contributed by atoms with Crippen molar-refractivity contribution in [2.45, 2.75) is 26.9 Å². The minimum atomic E-state index is -0.205. The van der Waals surface area contributed by atoms with Crippen molar-refractivity contribution in [3.63, 3.8) is 0 Å². The van der Waals surface area contributed by atoms with Gasteiger partial charge in [-0.3, -0.25) is 4.79 Å². The Hall–Kier alpha value is -4.14. The van der Waals surface area contributed by atoms with Crippen LogP contribution in [0.4, 0.5) is 11.6 Å². The maximum absolute atomic E-state index is 12.5. The largest absolute Gasteiger partial charge is 0.383 e. The Kier molecular flexibility index (Phi) is 6.16. The fourth-order valence-electron chi connectivity index (χ4n) is 3.34. The average Bonchev–Trinajstić information content (AvgIpc) is 3.38. The van der Waals surface area contributed by atoms with Gasteiger partial charge in [-0.05, 0) is 25.0 Å². The molecule has 164 valence electrons. The number of nitrogens with one attached hydrogen (secondary N) is 2. The average molecular weight is 432 g/mol. The molecule has 0 saturated carbocycles. The van der Waals surface area contributed by atoms with Gasteiger partial charge >= 0.3 is 0 Å². The summed E-state index contributed by atoms with van der Waals surface area (Å²) in [6, 6.07) is 17.5. The Morgan fingerprint density at radius 2 is 1.88 bits per heavy atom. The quantitative estimate of drug-likeness (QED) is 0.391. The van der Waals surface area contributed by atoms with E-state index in [1.54, 1.807) is 0 Å². The standard InChI is InChI=1S/C23H25N7O2/c1-3-25-22-19(23-27-21(29-32-23)17-12-8-7-9-15(17)2)20(24)30(28-22)14-18(31)26-13-16-10-5-4-6-11-16/h4-12H,3,13-14,24H2,1-2H3,(H,25,28)(H,26,31). The molecule has 0 unspecified atom stereocenters. The second kappa shape index (κ2) is 9.34. The zero-order valence-corrected chi connectivity index (χ0v) is 18.0. The minimum Gasteiger partial charge on any atom is -0.383 e. The van der Waals surface area contributed by atoms with Crippen molar-refractivity contribution in [1.82, 2.24) is 25.2 Å². The zero-order valence-electron chi connectivity index (χ0n) is 18.0. The Morgan fingerprint density at radius 3 is 2.62 bits per heavy atom. The number of carbonyl (C=O) groups excluding carboxylic acids is 1. The van der Waals surface area contributed by atoms with Crippen LogP contribution in [0.1, 0.15) is 18.1 Å². The van der Waals surface area contributed by atoms with E-state index in [4.69, 9.17) is 10.3 Å². The van der Waals surface area contributed by atoms with E-state index in [1.807, 2.05) is 68.4 Å². The molecule has 0 spiro atoms. The minimum absolute atomic E-state index is 0.0319. The maximum Gasteiger partial charge on any atom is 0.265 e. The van der Waals surface area contributed by atoms with Crippen molar-refractivity contribution >= 4 is 17.5 Å². The number of anilines is 2. The van der Waals surface area contributed by atoms with Crippen LogP contribution >= 0.6 is 0 Å². The van der Waals surface area contributed by atoms with E-state index < -0.39 is 0 Å². The number of rotatable bonds is 8. The molecule has 32 heavy (non-hydrogen) atoms. The summed E-state index contributed by atoms with van der Waals surface area (Å²) in [5.41, 5.74) is 9.75. The highest BCUT2D eigenvalue weighted by atomic mass is 16.5. The lowest BCUT2D eigenvalue weighted by molar-refractivity contribution is -0.121. The van der Waals surface area contributed by atoms with Crippen molar-refractivity contribution in [3.05, 3.63) is 65.7 Å². The molecule has 4 aromatic rings. The number of carbonyl (C=O) groups is 1. The molecule has 1 amide bonds. The summed E-state index contributed by atoms with van der Waals surface area (Å²) < 4.78 is 6.95. The lowest BCUT2D eigenvalue weighted by Crippen LogP contribution is -2.28. The third-order valence-corrected chi connectivity index (χ3v) is 4.99. The van der Waals surface area contributed by atoms with Crippen LogP contribution in [0.5, 0.6) is 0 Å². The summed E-state index contributed by atoms with van der Waals surface area (Å²) in [5.74, 6) is 1.27. The summed E-state index contributed by atoms with van der Waals surface area (Å²) in [5, 5.41) is 14.6. The smallest absolute Gasteiger partial charge is 0.265 e. The molecule has 4 N–H and O–H groups in total. The highest BCUT2D eigenvalue weighted by Gasteiger charge is 2.24. The normalized spacial score (nSPS) is 10.8. The van der Waals surface area contributed by atoms with Crippen LogP contribution in [0.15, 0.2) is 59.1 Å². The summed E-state index contributed by atoms with van der Waals surface area (Å²) in [6.07, 6.45) is 0. The number of nitrogen functional groups attached to an aromatic ring is 1. The number of nitrogens with two attached hydrogens (primary N) is 1. The SMILES string of the molecule is CCNc1nn(CC(=O)NCc2ccccc2)c(N)c1-c1nc(-c2ccccc2C)no1. The van der Waals surface area contributed by atoms with Gasteiger partial charge in [0.15, 0.2) is 5.82 Å². The van der Waals surface area contributed by atoms with Gasteiger partial charge in [-0.2, -0.15) is 10.1 Å². The van der Waals surface area contributed by atoms with Gasteiger partial charge in [-0.1, -0.05) is 59.8 Å². The molecule has 0 aliphatic carbocycles. The summed E-state index contributed by atoms with van der Waals surface area (Å²) in [4.78, 5) is 17.0. The first-order valence-corrected chi connectivity index (χ1v) is 10.4. The van der Waals surface area contributed by atoms with Gasteiger partial charge < -0.3 is 20.9 Å². The van der Waals surface area contributed by atoms with E-state index in [2.05, 4.69) is 25.9 Å². The Balaban J connectivity index is 1.57. The van der Waals surface area contributed by atoms with Gasteiger partial charge in [0, 0.05) is 18.7 Å². The monoisotopic (exact) mass is 431 g/mol.